The van der Waals surface area contributed by atoms with E-state index < -0.39 is 0 Å². The minimum atomic E-state index is 0.246. The van der Waals surface area contributed by atoms with Crippen LogP contribution in [0.3, 0.4) is 0 Å². The number of nitrogens with zero attached hydrogens (tertiary/aromatic N) is 2. The number of hydrogen-bond donors (Lipinski definition) is 0. The van der Waals surface area contributed by atoms with Gasteiger partial charge in [-0.15, -0.1) is 0 Å². The van der Waals surface area contributed by atoms with Crippen LogP contribution in [0.4, 0.5) is 0 Å². The van der Waals surface area contributed by atoms with E-state index in [0.717, 1.165) is 13.0 Å². The van der Waals surface area contributed by atoms with Gasteiger partial charge in [0.25, 0.3) is 0 Å². The van der Waals surface area contributed by atoms with Gasteiger partial charge in [-0.25, -0.2) is 0 Å². The lowest BCUT2D eigenvalue weighted by Crippen LogP contribution is -2.43. The minimum Gasteiger partial charge on any atom is -0.338 e. The standard InChI is InChI=1S/C14H22N2O/c17-13-12(4-8-16(13)11-2-3-11)15-9-7-14(10-15)5-1-6-14/h11-12H,1-10H2. The molecule has 0 N–H and O–H groups in total. The second-order valence-electron chi connectivity index (χ2n) is 6.64. The first-order valence-corrected chi connectivity index (χ1v) is 7.32. The number of rotatable bonds is 2. The molecule has 3 heteroatoms. The summed E-state index contributed by atoms with van der Waals surface area (Å²) in [5.41, 5.74) is 0.632. The number of amides is 1. The highest BCUT2D eigenvalue weighted by molar-refractivity contribution is 5.84. The fourth-order valence-electron chi connectivity index (χ4n) is 4.09. The molecular weight excluding hydrogens is 212 g/mol. The van der Waals surface area contributed by atoms with Gasteiger partial charge in [0.05, 0.1) is 6.04 Å². The van der Waals surface area contributed by atoms with Crippen LogP contribution in [0, 0.1) is 5.41 Å². The van der Waals surface area contributed by atoms with E-state index in [9.17, 15) is 4.79 Å². The second kappa shape index (κ2) is 3.47. The van der Waals surface area contributed by atoms with E-state index in [-0.39, 0.29) is 6.04 Å². The average molecular weight is 234 g/mol. The predicted molar refractivity (Wildman–Crippen MR) is 65.6 cm³/mol. The quantitative estimate of drug-likeness (QED) is 0.725. The summed E-state index contributed by atoms with van der Waals surface area (Å²) < 4.78 is 0. The summed E-state index contributed by atoms with van der Waals surface area (Å²) in [5, 5.41) is 0. The summed E-state index contributed by atoms with van der Waals surface area (Å²) in [6.07, 6.45) is 9.19. The molecular formula is C14H22N2O. The van der Waals surface area contributed by atoms with E-state index in [1.54, 1.807) is 0 Å². The van der Waals surface area contributed by atoms with Crippen molar-refractivity contribution in [1.29, 1.82) is 0 Å². The van der Waals surface area contributed by atoms with Crippen LogP contribution in [0.5, 0.6) is 0 Å². The maximum atomic E-state index is 12.4. The summed E-state index contributed by atoms with van der Waals surface area (Å²) in [4.78, 5) is 17.0. The van der Waals surface area contributed by atoms with Gasteiger partial charge in [-0.05, 0) is 50.5 Å². The summed E-state index contributed by atoms with van der Waals surface area (Å²) >= 11 is 0. The molecule has 4 fully saturated rings. The van der Waals surface area contributed by atoms with Crippen LogP contribution < -0.4 is 0 Å². The molecule has 2 aliphatic carbocycles. The van der Waals surface area contributed by atoms with Gasteiger partial charge in [0.15, 0.2) is 0 Å². The Bertz CT molecular complexity index is 346. The van der Waals surface area contributed by atoms with Gasteiger partial charge in [0, 0.05) is 19.1 Å². The molecule has 2 saturated heterocycles. The molecule has 2 saturated carbocycles. The highest BCUT2D eigenvalue weighted by atomic mass is 16.2. The van der Waals surface area contributed by atoms with Crippen molar-refractivity contribution < 1.29 is 4.79 Å². The summed E-state index contributed by atoms with van der Waals surface area (Å²) in [6, 6.07) is 0.864. The normalized spacial score (nSPS) is 36.8. The minimum absolute atomic E-state index is 0.246. The van der Waals surface area contributed by atoms with Crippen LogP contribution in [0.15, 0.2) is 0 Å². The molecule has 0 bridgehead atoms. The molecule has 3 nitrogen and oxygen atoms in total. The third-order valence-electron chi connectivity index (χ3n) is 5.52. The molecule has 1 amide bonds. The number of carbonyl (C=O) groups is 1. The Hall–Kier alpha value is -0.570. The summed E-state index contributed by atoms with van der Waals surface area (Å²) in [5.74, 6) is 0.448. The van der Waals surface area contributed by atoms with E-state index in [4.69, 9.17) is 0 Å². The van der Waals surface area contributed by atoms with Gasteiger partial charge in [-0.2, -0.15) is 0 Å². The van der Waals surface area contributed by atoms with Gasteiger partial charge in [-0.1, -0.05) is 6.42 Å². The third kappa shape index (κ3) is 1.55. The van der Waals surface area contributed by atoms with Crippen molar-refractivity contribution in [3.8, 4) is 0 Å². The SMILES string of the molecule is O=C1C(N2CCC3(CCC3)C2)CCN1C1CC1. The zero-order chi connectivity index (χ0) is 11.5. The van der Waals surface area contributed by atoms with Crippen LogP contribution in [0.25, 0.3) is 0 Å². The Morgan fingerprint density at radius 1 is 1.06 bits per heavy atom. The smallest absolute Gasteiger partial charge is 0.240 e. The predicted octanol–water partition coefficient (Wildman–Crippen LogP) is 1.63. The molecule has 0 aromatic rings. The lowest BCUT2D eigenvalue weighted by molar-refractivity contribution is -0.132. The highest BCUT2D eigenvalue weighted by Gasteiger charge is 2.49. The number of likely N-dealkylation sites (tertiary alicyclic amines) is 2. The first kappa shape index (κ1) is 10.4. The molecule has 17 heavy (non-hydrogen) atoms. The Kier molecular flexibility index (Phi) is 2.11. The van der Waals surface area contributed by atoms with E-state index in [1.807, 2.05) is 0 Å². The van der Waals surface area contributed by atoms with Crippen LogP contribution in [0.2, 0.25) is 0 Å². The maximum Gasteiger partial charge on any atom is 0.240 e. The van der Waals surface area contributed by atoms with Crippen molar-refractivity contribution in [3.05, 3.63) is 0 Å². The molecule has 2 aliphatic heterocycles. The van der Waals surface area contributed by atoms with Crippen molar-refractivity contribution in [2.75, 3.05) is 19.6 Å². The molecule has 1 atom stereocenters. The van der Waals surface area contributed by atoms with Crippen LogP contribution in [-0.4, -0.2) is 47.4 Å². The molecule has 1 unspecified atom stereocenters. The van der Waals surface area contributed by atoms with E-state index in [0.29, 0.717) is 17.4 Å². The lowest BCUT2D eigenvalue weighted by atomic mass is 9.68. The van der Waals surface area contributed by atoms with Crippen molar-refractivity contribution in [3.63, 3.8) is 0 Å². The van der Waals surface area contributed by atoms with Gasteiger partial charge < -0.3 is 4.90 Å². The molecule has 2 heterocycles. The average Bonchev–Trinajstić information content (AvgIpc) is 2.89. The van der Waals surface area contributed by atoms with Gasteiger partial charge in [0.2, 0.25) is 5.91 Å². The first-order chi connectivity index (χ1) is 8.27. The highest BCUT2D eigenvalue weighted by Crippen LogP contribution is 2.49. The zero-order valence-electron chi connectivity index (χ0n) is 10.5. The fourth-order valence-corrected chi connectivity index (χ4v) is 4.09. The van der Waals surface area contributed by atoms with Crippen LogP contribution >= 0.6 is 0 Å². The Labute approximate surface area is 103 Å². The number of carbonyl (C=O) groups excluding carboxylic acids is 1. The van der Waals surface area contributed by atoms with Crippen molar-refractivity contribution in [2.24, 2.45) is 5.41 Å². The molecule has 1 spiro atoms. The Morgan fingerprint density at radius 2 is 1.88 bits per heavy atom. The molecule has 94 valence electrons. The number of hydrogen-bond acceptors (Lipinski definition) is 2. The van der Waals surface area contributed by atoms with E-state index >= 15 is 0 Å². The maximum absolute atomic E-state index is 12.4. The Balaban J connectivity index is 1.44. The lowest BCUT2D eigenvalue weighted by Gasteiger charge is -2.38. The van der Waals surface area contributed by atoms with Crippen molar-refractivity contribution >= 4 is 5.91 Å². The van der Waals surface area contributed by atoms with Crippen molar-refractivity contribution in [2.45, 2.75) is 57.0 Å². The summed E-state index contributed by atoms with van der Waals surface area (Å²) in [6.45, 7) is 3.41. The van der Waals surface area contributed by atoms with Crippen molar-refractivity contribution in [1.82, 2.24) is 9.80 Å². The monoisotopic (exact) mass is 234 g/mol. The zero-order valence-corrected chi connectivity index (χ0v) is 10.5. The van der Waals surface area contributed by atoms with Crippen LogP contribution in [0.1, 0.15) is 44.9 Å². The molecule has 4 aliphatic rings. The topological polar surface area (TPSA) is 23.6 Å². The molecule has 0 aromatic carbocycles. The summed E-state index contributed by atoms with van der Waals surface area (Å²) in [7, 11) is 0. The molecule has 4 rings (SSSR count). The van der Waals surface area contributed by atoms with E-state index in [1.165, 1.54) is 51.6 Å². The first-order valence-electron chi connectivity index (χ1n) is 7.32. The molecule has 0 aromatic heterocycles. The Morgan fingerprint density at radius 3 is 2.47 bits per heavy atom. The molecule has 0 radical (unpaired) electrons. The van der Waals surface area contributed by atoms with E-state index in [2.05, 4.69) is 9.80 Å². The second-order valence-corrected chi connectivity index (χ2v) is 6.64. The van der Waals surface area contributed by atoms with Crippen LogP contribution in [-0.2, 0) is 4.79 Å². The largest absolute Gasteiger partial charge is 0.338 e. The van der Waals surface area contributed by atoms with Gasteiger partial charge >= 0.3 is 0 Å². The fraction of sp³-hybridized carbons (Fsp3) is 0.929. The van der Waals surface area contributed by atoms with Gasteiger partial charge in [0.1, 0.15) is 0 Å². The van der Waals surface area contributed by atoms with Gasteiger partial charge in [-0.3, -0.25) is 9.69 Å². The third-order valence-corrected chi connectivity index (χ3v) is 5.52.